The maximum Gasteiger partial charge on any atom is 0.163 e. The lowest BCUT2D eigenvalue weighted by molar-refractivity contribution is 0.590. The van der Waals surface area contributed by atoms with Crippen molar-refractivity contribution < 1.29 is 0 Å². The second kappa shape index (κ2) is 4.19. The molecule has 1 aromatic carbocycles. The van der Waals surface area contributed by atoms with Gasteiger partial charge >= 0.3 is 0 Å². The van der Waals surface area contributed by atoms with Gasteiger partial charge in [0, 0.05) is 30.4 Å². The Bertz CT molecular complexity index is 703. The molecule has 19 heavy (non-hydrogen) atoms. The summed E-state index contributed by atoms with van der Waals surface area (Å²) in [5.41, 5.74) is 4.42. The second-order valence-electron chi connectivity index (χ2n) is 5.76. The van der Waals surface area contributed by atoms with E-state index < -0.39 is 0 Å². The van der Waals surface area contributed by atoms with Crippen LogP contribution in [0.25, 0.3) is 16.9 Å². The largest absolute Gasteiger partial charge is 0.304 e. The molecule has 0 atom stereocenters. The highest BCUT2D eigenvalue weighted by Crippen LogP contribution is 2.26. The van der Waals surface area contributed by atoms with Gasteiger partial charge in [-0.05, 0) is 11.0 Å². The Morgan fingerprint density at radius 2 is 1.53 bits per heavy atom. The summed E-state index contributed by atoms with van der Waals surface area (Å²) in [7, 11) is 0. The van der Waals surface area contributed by atoms with E-state index in [1.807, 2.05) is 23.0 Å². The van der Waals surface area contributed by atoms with Gasteiger partial charge in [0.15, 0.2) is 5.65 Å². The normalized spacial score (nSPS) is 11.9. The van der Waals surface area contributed by atoms with Crippen molar-refractivity contribution in [1.29, 1.82) is 0 Å². The summed E-state index contributed by atoms with van der Waals surface area (Å²) in [5.74, 6) is 0. The monoisotopic (exact) mass is 251 g/mol. The van der Waals surface area contributed by atoms with E-state index in [4.69, 9.17) is 0 Å². The predicted molar refractivity (Wildman–Crippen MR) is 77.1 cm³/mol. The molecule has 0 aliphatic rings. The van der Waals surface area contributed by atoms with Crippen molar-refractivity contribution >= 4 is 5.65 Å². The Labute approximate surface area is 113 Å². The lowest BCUT2D eigenvalue weighted by Gasteiger charge is -2.19. The van der Waals surface area contributed by atoms with Crippen LogP contribution in [0, 0.1) is 0 Å². The minimum absolute atomic E-state index is 0.172. The minimum Gasteiger partial charge on any atom is -0.304 e. The summed E-state index contributed by atoms with van der Waals surface area (Å²) in [5, 5.41) is 0. The molecule has 0 bridgehead atoms. The van der Waals surface area contributed by atoms with Gasteiger partial charge in [-0.2, -0.15) is 0 Å². The number of hydrogen-bond donors (Lipinski definition) is 0. The predicted octanol–water partition coefficient (Wildman–Crippen LogP) is 3.69. The van der Waals surface area contributed by atoms with Gasteiger partial charge in [0.25, 0.3) is 0 Å². The second-order valence-corrected chi connectivity index (χ2v) is 5.76. The van der Waals surface area contributed by atoms with Gasteiger partial charge in [0.2, 0.25) is 0 Å². The quantitative estimate of drug-likeness (QED) is 0.660. The molecule has 2 aromatic heterocycles. The van der Waals surface area contributed by atoms with Gasteiger partial charge in [0.05, 0.1) is 0 Å². The molecule has 3 nitrogen and oxygen atoms in total. The Morgan fingerprint density at radius 1 is 0.895 bits per heavy atom. The zero-order valence-corrected chi connectivity index (χ0v) is 11.5. The number of aromatic nitrogens is 3. The third-order valence-corrected chi connectivity index (χ3v) is 3.34. The highest BCUT2D eigenvalue weighted by molar-refractivity contribution is 5.73. The lowest BCUT2D eigenvalue weighted by atomic mass is 9.86. The Morgan fingerprint density at radius 3 is 2.16 bits per heavy atom. The van der Waals surface area contributed by atoms with Crippen LogP contribution in [-0.4, -0.2) is 14.4 Å². The molecular formula is C16H17N3. The molecule has 3 heteroatoms. The first-order valence-electron chi connectivity index (χ1n) is 6.44. The molecule has 0 radical (unpaired) electrons. The van der Waals surface area contributed by atoms with Gasteiger partial charge in [-0.25, -0.2) is 4.98 Å². The molecule has 0 amide bonds. The fraction of sp³-hybridized carbons (Fsp3) is 0.250. The van der Waals surface area contributed by atoms with Gasteiger partial charge < -0.3 is 4.40 Å². The number of nitrogens with zero attached hydrogens (tertiary/aromatic N) is 3. The van der Waals surface area contributed by atoms with Crippen LogP contribution in [0.4, 0.5) is 0 Å². The maximum atomic E-state index is 4.46. The average Bonchev–Trinajstić information content (AvgIpc) is 2.86. The smallest absolute Gasteiger partial charge is 0.163 e. The summed E-state index contributed by atoms with van der Waals surface area (Å²) >= 11 is 0. The van der Waals surface area contributed by atoms with Crippen molar-refractivity contribution in [1.82, 2.24) is 14.4 Å². The summed E-state index contributed by atoms with van der Waals surface area (Å²) in [6.07, 6.45) is 7.45. The molecule has 0 saturated heterocycles. The van der Waals surface area contributed by atoms with Crippen LogP contribution in [-0.2, 0) is 5.41 Å². The molecule has 0 unspecified atom stereocenters. The summed E-state index contributed by atoms with van der Waals surface area (Å²) in [6.45, 7) is 6.65. The molecule has 3 rings (SSSR count). The molecule has 0 spiro atoms. The molecule has 0 aliphatic carbocycles. The van der Waals surface area contributed by atoms with Crippen LogP contribution in [0.5, 0.6) is 0 Å². The first kappa shape index (κ1) is 11.9. The third-order valence-electron chi connectivity index (χ3n) is 3.34. The Hall–Kier alpha value is -2.16. The fourth-order valence-corrected chi connectivity index (χ4v) is 2.19. The van der Waals surface area contributed by atoms with E-state index in [0.717, 1.165) is 16.9 Å². The first-order valence-corrected chi connectivity index (χ1v) is 6.44. The van der Waals surface area contributed by atoms with Crippen LogP contribution >= 0.6 is 0 Å². The van der Waals surface area contributed by atoms with E-state index >= 15 is 0 Å². The SMILES string of the molecule is CC(C)(C)c1ccc(-c2nccn3ccnc23)cc1. The molecule has 0 aliphatic heterocycles. The fourth-order valence-electron chi connectivity index (χ4n) is 2.19. The highest BCUT2D eigenvalue weighted by Gasteiger charge is 2.14. The van der Waals surface area contributed by atoms with Crippen molar-refractivity contribution in [2.45, 2.75) is 26.2 Å². The summed E-state index contributed by atoms with van der Waals surface area (Å²) in [6, 6.07) is 8.59. The standard InChI is InChI=1S/C16H17N3/c1-16(2,3)13-6-4-12(5-7-13)14-15-18-9-11-19(15)10-8-17-14/h4-11H,1-3H3. The van der Waals surface area contributed by atoms with Gasteiger partial charge in [-0.15, -0.1) is 0 Å². The number of benzene rings is 1. The molecule has 0 N–H and O–H groups in total. The number of imidazole rings is 1. The molecular weight excluding hydrogens is 234 g/mol. The van der Waals surface area contributed by atoms with Crippen molar-refractivity contribution in [3.63, 3.8) is 0 Å². The molecule has 3 aromatic rings. The Balaban J connectivity index is 2.10. The topological polar surface area (TPSA) is 30.2 Å². The maximum absolute atomic E-state index is 4.46. The summed E-state index contributed by atoms with van der Waals surface area (Å²) in [4.78, 5) is 8.82. The van der Waals surface area contributed by atoms with Crippen molar-refractivity contribution in [2.75, 3.05) is 0 Å². The van der Waals surface area contributed by atoms with Crippen molar-refractivity contribution in [3.05, 3.63) is 54.6 Å². The van der Waals surface area contributed by atoms with E-state index in [1.54, 1.807) is 6.20 Å². The summed E-state index contributed by atoms with van der Waals surface area (Å²) < 4.78 is 1.99. The van der Waals surface area contributed by atoms with E-state index in [0.29, 0.717) is 0 Å². The van der Waals surface area contributed by atoms with E-state index in [9.17, 15) is 0 Å². The number of fused-ring (bicyclic) bond motifs is 1. The Kier molecular flexibility index (Phi) is 2.63. The van der Waals surface area contributed by atoms with Gasteiger partial charge in [0.1, 0.15) is 5.69 Å². The van der Waals surface area contributed by atoms with E-state index in [-0.39, 0.29) is 5.41 Å². The van der Waals surface area contributed by atoms with Gasteiger partial charge in [-0.3, -0.25) is 4.98 Å². The van der Waals surface area contributed by atoms with E-state index in [2.05, 4.69) is 55.0 Å². The van der Waals surface area contributed by atoms with E-state index in [1.165, 1.54) is 5.56 Å². The first-order chi connectivity index (χ1) is 9.05. The third kappa shape index (κ3) is 2.12. The van der Waals surface area contributed by atoms with Crippen LogP contribution in [0.3, 0.4) is 0 Å². The van der Waals surface area contributed by atoms with Crippen LogP contribution < -0.4 is 0 Å². The van der Waals surface area contributed by atoms with Crippen molar-refractivity contribution in [3.8, 4) is 11.3 Å². The molecule has 2 heterocycles. The average molecular weight is 251 g/mol. The van der Waals surface area contributed by atoms with Crippen LogP contribution in [0.15, 0.2) is 49.1 Å². The van der Waals surface area contributed by atoms with Crippen molar-refractivity contribution in [2.24, 2.45) is 0 Å². The van der Waals surface area contributed by atoms with Crippen LogP contribution in [0.2, 0.25) is 0 Å². The zero-order chi connectivity index (χ0) is 13.5. The minimum atomic E-state index is 0.172. The van der Waals surface area contributed by atoms with Gasteiger partial charge in [-0.1, -0.05) is 45.0 Å². The molecule has 0 fully saturated rings. The number of rotatable bonds is 1. The van der Waals surface area contributed by atoms with Crippen LogP contribution in [0.1, 0.15) is 26.3 Å². The molecule has 0 saturated carbocycles. The highest BCUT2D eigenvalue weighted by atomic mass is 15.0. The molecule has 96 valence electrons. The lowest BCUT2D eigenvalue weighted by Crippen LogP contribution is -2.10. The zero-order valence-electron chi connectivity index (χ0n) is 11.5. The number of hydrogen-bond acceptors (Lipinski definition) is 2.